The molecule has 0 saturated carbocycles. The fourth-order valence-electron chi connectivity index (χ4n) is 3.52. The molecule has 3 rings (SSSR count). The number of sulfonamides is 1. The number of carbonyl (C=O) groups excluding carboxylic acids is 1. The lowest BCUT2D eigenvalue weighted by Gasteiger charge is -2.29. The fourth-order valence-corrected chi connectivity index (χ4v) is 4.62. The highest BCUT2D eigenvalue weighted by molar-refractivity contribution is 7.88. The zero-order chi connectivity index (χ0) is 21.3. The Balaban J connectivity index is 1.70. The van der Waals surface area contributed by atoms with Gasteiger partial charge in [-0.15, -0.1) is 0 Å². The Hall–Kier alpha value is -1.97. The highest BCUT2D eigenvalue weighted by Gasteiger charge is 2.29. The standard InChI is InChI=1S/C19H24ClFN4O3S/c1-12-18(22-19(26)14-6-8-24(9-7-14)29(3,27)28)13(2)25(23-12)11-15-4-5-16(21)10-17(15)20/h4-5,10,14H,6-9,11H2,1-3H3,(H,22,26). The summed E-state index contributed by atoms with van der Waals surface area (Å²) in [4.78, 5) is 12.7. The average Bonchev–Trinajstić information content (AvgIpc) is 2.91. The van der Waals surface area contributed by atoms with Crippen LogP contribution in [0.4, 0.5) is 10.1 Å². The third kappa shape index (κ3) is 4.96. The lowest BCUT2D eigenvalue weighted by molar-refractivity contribution is -0.120. The number of nitrogens with one attached hydrogen (secondary N) is 1. The molecule has 0 aliphatic carbocycles. The quantitative estimate of drug-likeness (QED) is 0.771. The van der Waals surface area contributed by atoms with E-state index >= 15 is 0 Å². The Labute approximate surface area is 174 Å². The molecule has 29 heavy (non-hydrogen) atoms. The van der Waals surface area contributed by atoms with E-state index in [4.69, 9.17) is 11.6 Å². The first-order valence-electron chi connectivity index (χ1n) is 9.30. The van der Waals surface area contributed by atoms with Crippen LogP contribution in [0.25, 0.3) is 0 Å². The van der Waals surface area contributed by atoms with Crippen molar-refractivity contribution < 1.29 is 17.6 Å². The number of rotatable bonds is 5. The summed E-state index contributed by atoms with van der Waals surface area (Å²) in [7, 11) is -3.23. The summed E-state index contributed by atoms with van der Waals surface area (Å²) in [5.41, 5.74) is 2.80. The van der Waals surface area contributed by atoms with Crippen LogP contribution in [0.15, 0.2) is 18.2 Å². The lowest BCUT2D eigenvalue weighted by Crippen LogP contribution is -2.41. The van der Waals surface area contributed by atoms with E-state index in [0.717, 1.165) is 11.3 Å². The molecule has 1 N–H and O–H groups in total. The summed E-state index contributed by atoms with van der Waals surface area (Å²) < 4.78 is 39.6. The molecule has 1 amide bonds. The fraction of sp³-hybridized carbons (Fsp3) is 0.474. The first kappa shape index (κ1) is 21.7. The largest absolute Gasteiger partial charge is 0.323 e. The summed E-state index contributed by atoms with van der Waals surface area (Å²) in [6, 6.07) is 4.22. The molecule has 1 aromatic heterocycles. The van der Waals surface area contributed by atoms with Gasteiger partial charge in [0, 0.05) is 24.0 Å². The molecule has 0 bridgehead atoms. The Kier molecular flexibility index (Phi) is 6.30. The summed E-state index contributed by atoms with van der Waals surface area (Å²) >= 11 is 6.11. The van der Waals surface area contributed by atoms with Crippen molar-refractivity contribution in [2.75, 3.05) is 24.7 Å². The van der Waals surface area contributed by atoms with Gasteiger partial charge in [0.25, 0.3) is 0 Å². The number of carbonyl (C=O) groups is 1. The first-order chi connectivity index (χ1) is 13.6. The van der Waals surface area contributed by atoms with Crippen LogP contribution in [0.1, 0.15) is 29.8 Å². The Morgan fingerprint density at radius 1 is 1.31 bits per heavy atom. The Bertz CT molecular complexity index is 1030. The second kappa shape index (κ2) is 8.41. The molecule has 10 heteroatoms. The van der Waals surface area contributed by atoms with Crippen LogP contribution in [0.5, 0.6) is 0 Å². The summed E-state index contributed by atoms with van der Waals surface area (Å²) in [5.74, 6) is -0.785. The molecule has 7 nitrogen and oxygen atoms in total. The van der Waals surface area contributed by atoms with Crippen LogP contribution < -0.4 is 5.32 Å². The van der Waals surface area contributed by atoms with Gasteiger partial charge in [0.05, 0.1) is 29.9 Å². The molecule has 0 atom stereocenters. The van der Waals surface area contributed by atoms with Gasteiger partial charge in [-0.1, -0.05) is 17.7 Å². The molecule has 1 aliphatic heterocycles. The van der Waals surface area contributed by atoms with Crippen LogP contribution in [0, 0.1) is 25.6 Å². The zero-order valence-corrected chi connectivity index (χ0v) is 18.1. The van der Waals surface area contributed by atoms with E-state index in [1.807, 2.05) is 6.92 Å². The smallest absolute Gasteiger partial charge is 0.227 e. The van der Waals surface area contributed by atoms with Crippen molar-refractivity contribution in [3.63, 3.8) is 0 Å². The van der Waals surface area contributed by atoms with Crippen molar-refractivity contribution in [1.82, 2.24) is 14.1 Å². The molecule has 2 heterocycles. The third-order valence-electron chi connectivity index (χ3n) is 5.26. The number of amides is 1. The van der Waals surface area contributed by atoms with Crippen LogP contribution in [0.3, 0.4) is 0 Å². The first-order valence-corrected chi connectivity index (χ1v) is 11.5. The molecule has 1 aromatic carbocycles. The van der Waals surface area contributed by atoms with Gasteiger partial charge in [0.2, 0.25) is 15.9 Å². The Morgan fingerprint density at radius 2 is 1.97 bits per heavy atom. The summed E-state index contributed by atoms with van der Waals surface area (Å²) in [6.45, 7) is 4.69. The molecule has 1 saturated heterocycles. The molecule has 2 aromatic rings. The average molecular weight is 443 g/mol. The number of aryl methyl sites for hydroxylation is 1. The maximum atomic E-state index is 13.3. The van der Waals surface area contributed by atoms with Gasteiger partial charge in [0.1, 0.15) is 5.82 Å². The topological polar surface area (TPSA) is 84.3 Å². The minimum absolute atomic E-state index is 0.135. The van der Waals surface area contributed by atoms with E-state index in [9.17, 15) is 17.6 Å². The summed E-state index contributed by atoms with van der Waals surface area (Å²) in [5, 5.41) is 7.74. The molecule has 1 fully saturated rings. The molecule has 1 aliphatic rings. The van der Waals surface area contributed by atoms with Crippen molar-refractivity contribution in [3.05, 3.63) is 46.0 Å². The Morgan fingerprint density at radius 3 is 2.55 bits per heavy atom. The predicted molar refractivity (Wildman–Crippen MR) is 110 cm³/mol. The van der Waals surface area contributed by atoms with Crippen molar-refractivity contribution in [3.8, 4) is 0 Å². The SMILES string of the molecule is Cc1nn(Cc2ccc(F)cc2Cl)c(C)c1NC(=O)C1CCN(S(C)(=O)=O)CC1. The molecule has 0 spiro atoms. The second-order valence-electron chi connectivity index (χ2n) is 7.36. The van der Waals surface area contributed by atoms with Crippen molar-refractivity contribution >= 4 is 33.2 Å². The normalized spacial score (nSPS) is 16.2. The maximum Gasteiger partial charge on any atom is 0.227 e. The van der Waals surface area contributed by atoms with E-state index < -0.39 is 15.8 Å². The number of benzene rings is 1. The van der Waals surface area contributed by atoms with Crippen LogP contribution in [-0.2, 0) is 21.4 Å². The van der Waals surface area contributed by atoms with Crippen LogP contribution in [0.2, 0.25) is 5.02 Å². The predicted octanol–water partition coefficient (Wildman–Crippen LogP) is 2.95. The molecule has 158 valence electrons. The number of anilines is 1. The van der Waals surface area contributed by atoms with Gasteiger partial charge in [0.15, 0.2) is 0 Å². The number of halogens is 2. The monoisotopic (exact) mass is 442 g/mol. The number of nitrogens with zero attached hydrogens (tertiary/aromatic N) is 3. The lowest BCUT2D eigenvalue weighted by atomic mass is 9.97. The number of hydrogen-bond donors (Lipinski definition) is 1. The van der Waals surface area contributed by atoms with E-state index in [-0.39, 0.29) is 11.8 Å². The summed E-state index contributed by atoms with van der Waals surface area (Å²) in [6.07, 6.45) is 2.15. The van der Waals surface area contributed by atoms with Gasteiger partial charge in [-0.2, -0.15) is 5.10 Å². The van der Waals surface area contributed by atoms with E-state index in [0.29, 0.717) is 48.9 Å². The second-order valence-corrected chi connectivity index (χ2v) is 9.75. The van der Waals surface area contributed by atoms with Gasteiger partial charge in [-0.05, 0) is 44.4 Å². The molecule has 0 radical (unpaired) electrons. The number of piperidine rings is 1. The van der Waals surface area contributed by atoms with Gasteiger partial charge >= 0.3 is 0 Å². The van der Waals surface area contributed by atoms with E-state index in [1.54, 1.807) is 17.7 Å². The van der Waals surface area contributed by atoms with Crippen LogP contribution >= 0.6 is 11.6 Å². The van der Waals surface area contributed by atoms with Gasteiger partial charge < -0.3 is 5.32 Å². The minimum atomic E-state index is -3.23. The van der Waals surface area contributed by atoms with Crippen LogP contribution in [-0.4, -0.2) is 47.8 Å². The van der Waals surface area contributed by atoms with E-state index in [2.05, 4.69) is 10.4 Å². The maximum absolute atomic E-state index is 13.3. The number of aromatic nitrogens is 2. The zero-order valence-electron chi connectivity index (χ0n) is 16.6. The number of hydrogen-bond acceptors (Lipinski definition) is 4. The highest BCUT2D eigenvalue weighted by Crippen LogP contribution is 2.26. The highest BCUT2D eigenvalue weighted by atomic mass is 35.5. The van der Waals surface area contributed by atoms with E-state index in [1.165, 1.54) is 22.7 Å². The molecule has 0 unspecified atom stereocenters. The van der Waals surface area contributed by atoms with Crippen molar-refractivity contribution in [1.29, 1.82) is 0 Å². The van der Waals surface area contributed by atoms with Crippen molar-refractivity contribution in [2.45, 2.75) is 33.2 Å². The minimum Gasteiger partial charge on any atom is -0.323 e. The third-order valence-corrected chi connectivity index (χ3v) is 6.91. The van der Waals surface area contributed by atoms with Gasteiger partial charge in [-0.25, -0.2) is 17.1 Å². The molecular weight excluding hydrogens is 419 g/mol. The van der Waals surface area contributed by atoms with Gasteiger partial charge in [-0.3, -0.25) is 9.48 Å². The molecular formula is C19H24ClFN4O3S. The van der Waals surface area contributed by atoms with Crippen molar-refractivity contribution in [2.24, 2.45) is 5.92 Å².